The van der Waals surface area contributed by atoms with Crippen molar-refractivity contribution >= 4 is 63.1 Å². The molecule has 1 aromatic heterocycles. The lowest BCUT2D eigenvalue weighted by Gasteiger charge is -2.26. The maximum Gasteiger partial charge on any atom is 0.335 e. The molecular weight excluding hydrogens is 639 g/mol. The molecule has 242 valence electrons. The van der Waals surface area contributed by atoms with Crippen molar-refractivity contribution in [3.8, 4) is 22.6 Å². The zero-order chi connectivity index (χ0) is 33.1. The summed E-state index contributed by atoms with van der Waals surface area (Å²) in [6.07, 6.45) is 3.76. The molecule has 47 heavy (non-hydrogen) atoms. The van der Waals surface area contributed by atoms with Crippen LogP contribution in [-0.2, 0) is 16.0 Å². The zero-order valence-corrected chi connectivity index (χ0v) is 27.3. The fourth-order valence-electron chi connectivity index (χ4n) is 5.64. The van der Waals surface area contributed by atoms with E-state index in [1.807, 2.05) is 36.4 Å². The number of rotatable bonds is 10. The maximum absolute atomic E-state index is 13.4. The van der Waals surface area contributed by atoms with Gasteiger partial charge in [-0.1, -0.05) is 48.2 Å². The summed E-state index contributed by atoms with van der Waals surface area (Å²) in [5, 5.41) is 20.3. The molecule has 2 saturated heterocycles. The largest absolute Gasteiger partial charge is 0.506 e. The van der Waals surface area contributed by atoms with Gasteiger partial charge in [0.05, 0.1) is 35.4 Å². The number of carbonyl (C=O) groups excluding carboxylic acids is 2. The van der Waals surface area contributed by atoms with E-state index in [1.54, 1.807) is 35.2 Å². The first-order valence-corrected chi connectivity index (χ1v) is 16.4. The lowest BCUT2D eigenvalue weighted by molar-refractivity contribution is -0.122. The molecule has 0 saturated carbocycles. The Kier molecular flexibility index (Phi) is 9.73. The monoisotopic (exact) mass is 671 g/mol. The number of aromatic hydroxyl groups is 1. The van der Waals surface area contributed by atoms with Gasteiger partial charge in [0.15, 0.2) is 0 Å². The highest BCUT2D eigenvalue weighted by Gasteiger charge is 2.31. The van der Waals surface area contributed by atoms with Crippen molar-refractivity contribution < 1.29 is 34.1 Å². The normalized spacial score (nSPS) is 16.4. The number of hydrogen-bond acceptors (Lipinski definition) is 9. The van der Waals surface area contributed by atoms with Gasteiger partial charge in [0.2, 0.25) is 5.91 Å². The van der Waals surface area contributed by atoms with Gasteiger partial charge in [0.25, 0.3) is 5.91 Å². The SMILES string of the molecule is CC(=O)n1cc(O)c2cc(-c3cc(/C=C4\SC(=S)N(CCc5ccc(C(=O)O)cc5)C4=O)ccc3OCCN3CCOCC3)ccc21. The van der Waals surface area contributed by atoms with Crippen molar-refractivity contribution in [1.82, 2.24) is 14.4 Å². The number of aromatic nitrogens is 1. The van der Waals surface area contributed by atoms with Crippen molar-refractivity contribution in [2.45, 2.75) is 13.3 Å². The van der Waals surface area contributed by atoms with Crippen LogP contribution >= 0.6 is 24.0 Å². The van der Waals surface area contributed by atoms with Gasteiger partial charge in [-0.25, -0.2) is 4.79 Å². The van der Waals surface area contributed by atoms with E-state index in [-0.39, 0.29) is 23.1 Å². The third-order valence-electron chi connectivity index (χ3n) is 8.20. The van der Waals surface area contributed by atoms with Crippen molar-refractivity contribution in [1.29, 1.82) is 0 Å². The number of benzene rings is 3. The van der Waals surface area contributed by atoms with Crippen LogP contribution in [0.25, 0.3) is 28.1 Å². The van der Waals surface area contributed by atoms with Crippen LogP contribution in [0, 0.1) is 0 Å². The highest BCUT2D eigenvalue weighted by molar-refractivity contribution is 8.26. The van der Waals surface area contributed by atoms with Crippen LogP contribution in [0.3, 0.4) is 0 Å². The van der Waals surface area contributed by atoms with Crippen molar-refractivity contribution in [2.75, 3.05) is 46.0 Å². The number of thiocarbonyl (C=S) groups is 1. The van der Waals surface area contributed by atoms with Gasteiger partial charge in [-0.15, -0.1) is 0 Å². The van der Waals surface area contributed by atoms with Crippen molar-refractivity contribution in [3.63, 3.8) is 0 Å². The predicted molar refractivity (Wildman–Crippen MR) is 185 cm³/mol. The average molecular weight is 672 g/mol. The van der Waals surface area contributed by atoms with Gasteiger partial charge >= 0.3 is 5.97 Å². The molecule has 10 nitrogen and oxygen atoms in total. The Morgan fingerprint density at radius 2 is 1.81 bits per heavy atom. The van der Waals surface area contributed by atoms with E-state index in [1.165, 1.54) is 29.4 Å². The number of carboxylic acid groups (broad SMARTS) is 1. The van der Waals surface area contributed by atoms with E-state index < -0.39 is 5.97 Å². The Labute approximate surface area is 281 Å². The van der Waals surface area contributed by atoms with Gasteiger partial charge in [-0.2, -0.15) is 0 Å². The summed E-state index contributed by atoms with van der Waals surface area (Å²) >= 11 is 6.79. The lowest BCUT2D eigenvalue weighted by Crippen LogP contribution is -2.38. The van der Waals surface area contributed by atoms with E-state index in [0.717, 1.165) is 41.9 Å². The molecule has 0 spiro atoms. The average Bonchev–Trinajstić information content (AvgIpc) is 3.54. The Bertz CT molecular complexity index is 1900. The predicted octanol–water partition coefficient (Wildman–Crippen LogP) is 5.53. The Morgan fingerprint density at radius 1 is 1.04 bits per heavy atom. The van der Waals surface area contributed by atoms with Gasteiger partial charge in [-0.3, -0.25) is 24.0 Å². The number of hydrogen-bond donors (Lipinski definition) is 2. The molecule has 6 rings (SSSR count). The number of carboxylic acids is 1. The number of aromatic carboxylic acids is 1. The van der Waals surface area contributed by atoms with E-state index in [4.69, 9.17) is 26.8 Å². The number of carbonyl (C=O) groups is 3. The summed E-state index contributed by atoms with van der Waals surface area (Å²) in [7, 11) is 0. The summed E-state index contributed by atoms with van der Waals surface area (Å²) in [4.78, 5) is 41.0. The molecule has 0 aliphatic carbocycles. The molecule has 0 radical (unpaired) electrons. The molecule has 2 N–H and O–H groups in total. The minimum atomic E-state index is -0.986. The van der Waals surface area contributed by atoms with Crippen LogP contribution in [0.5, 0.6) is 11.5 Å². The third kappa shape index (κ3) is 7.25. The van der Waals surface area contributed by atoms with E-state index in [0.29, 0.717) is 58.7 Å². The molecule has 0 unspecified atom stereocenters. The first-order chi connectivity index (χ1) is 22.7. The Hall–Kier alpha value is -4.49. The van der Waals surface area contributed by atoms with Crippen LogP contribution in [0.15, 0.2) is 71.8 Å². The van der Waals surface area contributed by atoms with Gasteiger partial charge in [0.1, 0.15) is 22.4 Å². The molecular formula is C35H33N3O7S2. The summed E-state index contributed by atoms with van der Waals surface area (Å²) < 4.78 is 13.6. The number of amides is 1. The number of nitrogens with zero attached hydrogens (tertiary/aromatic N) is 3. The highest BCUT2D eigenvalue weighted by atomic mass is 32.2. The molecule has 3 aromatic carbocycles. The molecule has 0 bridgehead atoms. The first-order valence-electron chi connectivity index (χ1n) is 15.2. The molecule has 4 aromatic rings. The van der Waals surface area contributed by atoms with Crippen molar-refractivity contribution in [2.24, 2.45) is 0 Å². The second-order valence-corrected chi connectivity index (χ2v) is 13.0. The van der Waals surface area contributed by atoms with Gasteiger partial charge in [-0.05, 0) is 65.6 Å². The van der Waals surface area contributed by atoms with E-state index in [9.17, 15) is 19.5 Å². The van der Waals surface area contributed by atoms with Crippen molar-refractivity contribution in [3.05, 3.63) is 88.5 Å². The molecule has 1 amide bonds. The van der Waals surface area contributed by atoms with Crippen LogP contribution in [0.1, 0.15) is 33.2 Å². The Morgan fingerprint density at radius 3 is 2.53 bits per heavy atom. The van der Waals surface area contributed by atoms with Crippen LogP contribution < -0.4 is 4.74 Å². The van der Waals surface area contributed by atoms with Crippen LogP contribution in [-0.4, -0.2) is 92.7 Å². The molecule has 3 heterocycles. The first kappa shape index (κ1) is 32.5. The molecule has 2 fully saturated rings. The molecule has 2 aliphatic heterocycles. The smallest absolute Gasteiger partial charge is 0.335 e. The standard InChI is InChI=1S/C35H33N3O7S2/c1-22(39)38-21-30(40)28-20-26(7-8-29(28)38)27-18-24(4-9-31(27)45-17-14-36-12-15-44-16-13-36)19-32-33(41)37(35(46)47-32)11-10-23-2-5-25(6-3-23)34(42)43/h2-9,18-21,40H,10-17H2,1H3,(H,42,43)/b32-19-. The number of fused-ring (bicyclic) bond motifs is 1. The molecule has 2 aliphatic rings. The molecule has 12 heteroatoms. The van der Waals surface area contributed by atoms with Crippen LogP contribution in [0.4, 0.5) is 0 Å². The van der Waals surface area contributed by atoms with Gasteiger partial charge in [0, 0.05) is 44.1 Å². The van der Waals surface area contributed by atoms with E-state index >= 15 is 0 Å². The zero-order valence-electron chi connectivity index (χ0n) is 25.7. The molecule has 0 atom stereocenters. The number of ether oxygens (including phenoxy) is 2. The second kappa shape index (κ2) is 14.1. The van der Waals surface area contributed by atoms with Gasteiger partial charge < -0.3 is 19.7 Å². The lowest BCUT2D eigenvalue weighted by atomic mass is 10.00. The fourth-order valence-corrected chi connectivity index (χ4v) is 6.95. The minimum Gasteiger partial charge on any atom is -0.506 e. The Balaban J connectivity index is 1.25. The quantitative estimate of drug-likeness (QED) is 0.165. The topological polar surface area (TPSA) is 122 Å². The highest BCUT2D eigenvalue weighted by Crippen LogP contribution is 2.38. The maximum atomic E-state index is 13.4. The number of morpholine rings is 1. The van der Waals surface area contributed by atoms with E-state index in [2.05, 4.69) is 4.90 Å². The third-order valence-corrected chi connectivity index (χ3v) is 9.58. The second-order valence-electron chi connectivity index (χ2n) is 11.3. The summed E-state index contributed by atoms with van der Waals surface area (Å²) in [6.45, 7) is 6.15. The number of thioether (sulfide) groups is 1. The summed E-state index contributed by atoms with van der Waals surface area (Å²) in [5.41, 5.74) is 4.05. The summed E-state index contributed by atoms with van der Waals surface area (Å²) in [6, 6.07) is 17.8. The fraction of sp³-hybridized carbons (Fsp3) is 0.257. The minimum absolute atomic E-state index is 0.00416. The van der Waals surface area contributed by atoms with Crippen LogP contribution in [0.2, 0.25) is 0 Å². The summed E-state index contributed by atoms with van der Waals surface area (Å²) in [5.74, 6) is -0.719.